The summed E-state index contributed by atoms with van der Waals surface area (Å²) in [6.45, 7) is 8.49. The first kappa shape index (κ1) is 12.2. The van der Waals surface area contributed by atoms with Gasteiger partial charge in [0.25, 0.3) is 0 Å². The van der Waals surface area contributed by atoms with E-state index in [1.54, 1.807) is 0 Å². The Balaban J connectivity index is 2.21. The molecule has 0 bridgehead atoms. The van der Waals surface area contributed by atoms with Crippen LogP contribution in [0.5, 0.6) is 0 Å². The molecule has 4 heteroatoms. The molecule has 0 saturated carbocycles. The Morgan fingerprint density at radius 3 is 3.07 bits per heavy atom. The summed E-state index contributed by atoms with van der Waals surface area (Å²) in [5.74, 6) is 0. The van der Waals surface area contributed by atoms with Crippen LogP contribution in [-0.2, 0) is 17.8 Å². The van der Waals surface area contributed by atoms with Gasteiger partial charge in [0.1, 0.15) is 0 Å². The number of rotatable bonds is 8. The maximum absolute atomic E-state index is 5.25. The summed E-state index contributed by atoms with van der Waals surface area (Å²) < 4.78 is 7.30. The predicted molar refractivity (Wildman–Crippen MR) is 60.7 cm³/mol. The van der Waals surface area contributed by atoms with Crippen LogP contribution in [0.25, 0.3) is 0 Å². The van der Waals surface area contributed by atoms with Gasteiger partial charge in [0.2, 0.25) is 0 Å². The van der Waals surface area contributed by atoms with E-state index in [1.165, 1.54) is 5.69 Å². The van der Waals surface area contributed by atoms with Crippen molar-refractivity contribution in [2.24, 2.45) is 0 Å². The van der Waals surface area contributed by atoms with Gasteiger partial charge in [0.05, 0.1) is 12.3 Å². The van der Waals surface area contributed by atoms with Crippen molar-refractivity contribution < 1.29 is 4.74 Å². The molecule has 0 unspecified atom stereocenters. The molecule has 1 N–H and O–H groups in total. The van der Waals surface area contributed by atoms with Crippen LogP contribution in [0.3, 0.4) is 0 Å². The van der Waals surface area contributed by atoms with E-state index in [9.17, 15) is 0 Å². The molecule has 1 heterocycles. The summed E-state index contributed by atoms with van der Waals surface area (Å²) in [6.07, 6.45) is 2.98. The van der Waals surface area contributed by atoms with Crippen LogP contribution in [-0.4, -0.2) is 29.5 Å². The molecular formula is C11H21N3O. The average Bonchev–Trinajstić information content (AvgIpc) is 2.66. The van der Waals surface area contributed by atoms with Crippen molar-refractivity contribution in [3.05, 3.63) is 18.0 Å². The minimum atomic E-state index is 0.776. The highest BCUT2D eigenvalue weighted by Crippen LogP contribution is 1.99. The zero-order chi connectivity index (χ0) is 10.9. The van der Waals surface area contributed by atoms with E-state index in [0.717, 1.165) is 39.3 Å². The molecule has 0 spiro atoms. The minimum Gasteiger partial charge on any atom is -0.380 e. The number of aromatic nitrogens is 2. The quantitative estimate of drug-likeness (QED) is 0.661. The molecule has 0 aliphatic heterocycles. The fourth-order valence-corrected chi connectivity index (χ4v) is 1.43. The fourth-order valence-electron chi connectivity index (χ4n) is 1.43. The number of hydrogen-bond acceptors (Lipinski definition) is 3. The van der Waals surface area contributed by atoms with E-state index in [2.05, 4.69) is 23.4 Å². The molecule has 0 amide bonds. The Bertz CT molecular complexity index is 260. The maximum atomic E-state index is 5.25. The predicted octanol–water partition coefficient (Wildman–Crippen LogP) is 1.42. The highest BCUT2D eigenvalue weighted by Gasteiger charge is 1.99. The lowest BCUT2D eigenvalue weighted by molar-refractivity contribution is 0.149. The van der Waals surface area contributed by atoms with E-state index in [0.29, 0.717) is 0 Å². The second-order valence-electron chi connectivity index (χ2n) is 3.42. The SMILES string of the molecule is CCCn1nccc1CNCCOCC. The first-order valence-electron chi connectivity index (χ1n) is 5.67. The van der Waals surface area contributed by atoms with Crippen molar-refractivity contribution in [2.75, 3.05) is 19.8 Å². The molecule has 15 heavy (non-hydrogen) atoms. The monoisotopic (exact) mass is 211 g/mol. The van der Waals surface area contributed by atoms with Crippen molar-refractivity contribution in [3.8, 4) is 0 Å². The number of nitrogens with zero attached hydrogens (tertiary/aromatic N) is 2. The maximum Gasteiger partial charge on any atom is 0.0590 e. The Morgan fingerprint density at radius 2 is 2.33 bits per heavy atom. The standard InChI is InChI=1S/C11H21N3O/c1-3-8-14-11(5-6-13-14)10-12-7-9-15-4-2/h5-6,12H,3-4,7-10H2,1-2H3. The molecule has 4 nitrogen and oxygen atoms in total. The second-order valence-corrected chi connectivity index (χ2v) is 3.42. The van der Waals surface area contributed by atoms with Gasteiger partial charge < -0.3 is 10.1 Å². The topological polar surface area (TPSA) is 39.1 Å². The second kappa shape index (κ2) is 7.43. The Hall–Kier alpha value is -0.870. The third-order valence-electron chi connectivity index (χ3n) is 2.17. The fraction of sp³-hybridized carbons (Fsp3) is 0.727. The third-order valence-corrected chi connectivity index (χ3v) is 2.17. The Morgan fingerprint density at radius 1 is 1.47 bits per heavy atom. The van der Waals surface area contributed by atoms with E-state index in [1.807, 2.05) is 17.8 Å². The van der Waals surface area contributed by atoms with Gasteiger partial charge in [-0.1, -0.05) is 6.92 Å². The van der Waals surface area contributed by atoms with E-state index in [4.69, 9.17) is 4.74 Å². The number of aryl methyl sites for hydroxylation is 1. The van der Waals surface area contributed by atoms with Crippen molar-refractivity contribution in [1.29, 1.82) is 0 Å². The average molecular weight is 211 g/mol. The lowest BCUT2D eigenvalue weighted by atomic mass is 10.4. The lowest BCUT2D eigenvalue weighted by Gasteiger charge is -2.07. The molecule has 0 aromatic carbocycles. The first-order chi connectivity index (χ1) is 7.38. The molecule has 1 aromatic heterocycles. The molecule has 0 atom stereocenters. The molecule has 1 aromatic rings. The highest BCUT2D eigenvalue weighted by molar-refractivity contribution is 4.99. The molecule has 0 radical (unpaired) electrons. The van der Waals surface area contributed by atoms with Crippen LogP contribution >= 0.6 is 0 Å². The van der Waals surface area contributed by atoms with Crippen molar-refractivity contribution in [2.45, 2.75) is 33.4 Å². The summed E-state index contributed by atoms with van der Waals surface area (Å²) in [6, 6.07) is 2.06. The van der Waals surface area contributed by atoms with Gasteiger partial charge in [0, 0.05) is 32.4 Å². The molecule has 86 valence electrons. The summed E-state index contributed by atoms with van der Waals surface area (Å²) in [7, 11) is 0. The zero-order valence-electron chi connectivity index (χ0n) is 9.70. The van der Waals surface area contributed by atoms with E-state index >= 15 is 0 Å². The molecule has 0 aliphatic carbocycles. The van der Waals surface area contributed by atoms with Crippen LogP contribution in [0.1, 0.15) is 26.0 Å². The van der Waals surface area contributed by atoms with Crippen molar-refractivity contribution in [3.63, 3.8) is 0 Å². The molecular weight excluding hydrogens is 190 g/mol. The normalized spacial score (nSPS) is 10.8. The summed E-state index contributed by atoms with van der Waals surface area (Å²) in [5, 5.41) is 7.60. The number of ether oxygens (including phenoxy) is 1. The Labute approximate surface area is 91.6 Å². The lowest BCUT2D eigenvalue weighted by Crippen LogP contribution is -2.21. The van der Waals surface area contributed by atoms with Crippen molar-refractivity contribution in [1.82, 2.24) is 15.1 Å². The van der Waals surface area contributed by atoms with E-state index in [-0.39, 0.29) is 0 Å². The number of hydrogen-bond donors (Lipinski definition) is 1. The third kappa shape index (κ3) is 4.44. The Kier molecular flexibility index (Phi) is 6.04. The van der Waals surface area contributed by atoms with Crippen LogP contribution in [0.2, 0.25) is 0 Å². The van der Waals surface area contributed by atoms with Gasteiger partial charge in [-0.3, -0.25) is 4.68 Å². The van der Waals surface area contributed by atoms with Gasteiger partial charge in [-0.25, -0.2) is 0 Å². The van der Waals surface area contributed by atoms with Crippen LogP contribution < -0.4 is 5.32 Å². The van der Waals surface area contributed by atoms with Gasteiger partial charge in [-0.15, -0.1) is 0 Å². The van der Waals surface area contributed by atoms with Gasteiger partial charge in [0.15, 0.2) is 0 Å². The van der Waals surface area contributed by atoms with Gasteiger partial charge in [-0.05, 0) is 19.4 Å². The van der Waals surface area contributed by atoms with Gasteiger partial charge in [-0.2, -0.15) is 5.10 Å². The molecule has 0 fully saturated rings. The summed E-state index contributed by atoms with van der Waals surface area (Å²) in [4.78, 5) is 0. The minimum absolute atomic E-state index is 0.776. The molecule has 1 rings (SSSR count). The summed E-state index contributed by atoms with van der Waals surface area (Å²) in [5.41, 5.74) is 1.24. The summed E-state index contributed by atoms with van der Waals surface area (Å²) >= 11 is 0. The molecule has 0 saturated heterocycles. The van der Waals surface area contributed by atoms with Crippen LogP contribution in [0.15, 0.2) is 12.3 Å². The van der Waals surface area contributed by atoms with Crippen LogP contribution in [0.4, 0.5) is 0 Å². The van der Waals surface area contributed by atoms with Crippen molar-refractivity contribution >= 4 is 0 Å². The van der Waals surface area contributed by atoms with E-state index < -0.39 is 0 Å². The number of nitrogens with one attached hydrogen (secondary N) is 1. The highest BCUT2D eigenvalue weighted by atomic mass is 16.5. The largest absolute Gasteiger partial charge is 0.380 e. The smallest absolute Gasteiger partial charge is 0.0590 e. The van der Waals surface area contributed by atoms with Gasteiger partial charge >= 0.3 is 0 Å². The first-order valence-corrected chi connectivity index (χ1v) is 5.67. The molecule has 0 aliphatic rings. The zero-order valence-corrected chi connectivity index (χ0v) is 9.70. The van der Waals surface area contributed by atoms with Crippen LogP contribution in [0, 0.1) is 0 Å².